The molecule has 0 atom stereocenters. The highest BCUT2D eigenvalue weighted by Gasteiger charge is 2.13. The fourth-order valence-corrected chi connectivity index (χ4v) is 3.98. The summed E-state index contributed by atoms with van der Waals surface area (Å²) >= 11 is 1.32. The Labute approximate surface area is 183 Å². The molecule has 0 unspecified atom stereocenters. The molecule has 1 N–H and O–H groups in total. The number of fused-ring (bicyclic) bond motifs is 1. The highest BCUT2D eigenvalue weighted by atomic mass is 32.2. The number of phenolic OH excluding ortho intramolecular Hbond substituents is 1. The normalized spacial score (nSPS) is 11.2. The van der Waals surface area contributed by atoms with Gasteiger partial charge in [-0.05, 0) is 54.7 Å². The van der Waals surface area contributed by atoms with E-state index in [0.29, 0.717) is 28.9 Å². The molecule has 0 aliphatic carbocycles. The number of aromatic nitrogens is 2. The minimum atomic E-state index is -0.472. The maximum absolute atomic E-state index is 11.9. The van der Waals surface area contributed by atoms with Crippen molar-refractivity contribution in [3.63, 3.8) is 0 Å². The molecule has 0 bridgehead atoms. The lowest BCUT2D eigenvalue weighted by Gasteiger charge is -2.08. The van der Waals surface area contributed by atoms with Crippen LogP contribution in [0.2, 0.25) is 0 Å². The van der Waals surface area contributed by atoms with Gasteiger partial charge in [-0.25, -0.2) is 4.79 Å². The third-order valence-electron chi connectivity index (χ3n) is 4.90. The van der Waals surface area contributed by atoms with Crippen molar-refractivity contribution in [3.05, 3.63) is 75.0 Å². The van der Waals surface area contributed by atoms with Crippen LogP contribution in [-0.4, -0.2) is 15.3 Å². The fraction of sp³-hybridized carbons (Fsp3) is 0.261. The first-order chi connectivity index (χ1) is 14.9. The van der Waals surface area contributed by atoms with Gasteiger partial charge in [-0.15, -0.1) is 10.2 Å². The van der Waals surface area contributed by atoms with Gasteiger partial charge in [0.05, 0.1) is 0 Å². The van der Waals surface area contributed by atoms with E-state index in [-0.39, 0.29) is 12.4 Å². The van der Waals surface area contributed by atoms with Gasteiger partial charge >= 0.3 is 5.63 Å². The van der Waals surface area contributed by atoms with Crippen molar-refractivity contribution in [2.75, 3.05) is 0 Å². The zero-order valence-corrected chi connectivity index (χ0v) is 18.3. The van der Waals surface area contributed by atoms with Gasteiger partial charge < -0.3 is 18.7 Å². The van der Waals surface area contributed by atoms with Crippen molar-refractivity contribution in [2.24, 2.45) is 0 Å². The van der Waals surface area contributed by atoms with E-state index in [4.69, 9.17) is 13.6 Å². The monoisotopic (exact) mass is 438 g/mol. The molecule has 7 nitrogen and oxygen atoms in total. The van der Waals surface area contributed by atoms with E-state index in [0.717, 1.165) is 33.4 Å². The van der Waals surface area contributed by atoms with Gasteiger partial charge in [0.15, 0.2) is 6.61 Å². The molecule has 31 heavy (non-hydrogen) atoms. The Morgan fingerprint density at radius 2 is 1.90 bits per heavy atom. The van der Waals surface area contributed by atoms with E-state index in [1.165, 1.54) is 23.9 Å². The summed E-state index contributed by atoms with van der Waals surface area (Å²) in [6, 6.07) is 10.8. The number of phenols is 1. The molecule has 0 fully saturated rings. The topological polar surface area (TPSA) is 98.6 Å². The number of aromatic hydroxyl groups is 1. The number of rotatable bonds is 7. The average molecular weight is 439 g/mol. The Hall–Kier alpha value is -3.26. The van der Waals surface area contributed by atoms with Crippen LogP contribution in [0.4, 0.5) is 0 Å². The van der Waals surface area contributed by atoms with E-state index < -0.39 is 5.63 Å². The molecule has 0 saturated heterocycles. The van der Waals surface area contributed by atoms with Crippen molar-refractivity contribution in [2.45, 2.75) is 44.8 Å². The molecule has 160 valence electrons. The minimum Gasteiger partial charge on any atom is -0.508 e. The number of thioether (sulfide) groups is 1. The van der Waals surface area contributed by atoms with Gasteiger partial charge in [-0.2, -0.15) is 0 Å². The highest BCUT2D eigenvalue weighted by Crippen LogP contribution is 2.30. The quantitative estimate of drug-likeness (QED) is 0.320. The Kier molecular flexibility index (Phi) is 5.99. The molecular formula is C23H22N2O5S. The molecule has 4 aromatic rings. The summed E-state index contributed by atoms with van der Waals surface area (Å²) in [7, 11) is 0. The maximum Gasteiger partial charge on any atom is 0.336 e. The average Bonchev–Trinajstić information content (AvgIpc) is 3.20. The van der Waals surface area contributed by atoms with E-state index in [9.17, 15) is 9.90 Å². The molecule has 0 aliphatic rings. The van der Waals surface area contributed by atoms with Crippen molar-refractivity contribution in [1.29, 1.82) is 0 Å². The molecule has 8 heteroatoms. The van der Waals surface area contributed by atoms with Crippen LogP contribution < -0.4 is 10.4 Å². The van der Waals surface area contributed by atoms with Gasteiger partial charge in [0.1, 0.15) is 17.1 Å². The third-order valence-corrected chi connectivity index (χ3v) is 5.77. The predicted molar refractivity (Wildman–Crippen MR) is 118 cm³/mol. The molecule has 0 saturated carbocycles. The number of benzene rings is 2. The first kappa shape index (κ1) is 21.0. The molecule has 0 aliphatic heterocycles. The lowest BCUT2D eigenvalue weighted by atomic mass is 10.1. The summed E-state index contributed by atoms with van der Waals surface area (Å²) in [6.45, 7) is 6.12. The van der Waals surface area contributed by atoms with Gasteiger partial charge in [-0.3, -0.25) is 0 Å². The predicted octanol–water partition coefficient (Wildman–Crippen LogP) is 4.93. The van der Waals surface area contributed by atoms with Crippen molar-refractivity contribution >= 4 is 22.7 Å². The zero-order valence-electron chi connectivity index (χ0n) is 17.5. The second-order valence-corrected chi connectivity index (χ2v) is 8.16. The van der Waals surface area contributed by atoms with Crippen LogP contribution in [-0.2, 0) is 18.8 Å². The first-order valence-corrected chi connectivity index (χ1v) is 10.9. The summed E-state index contributed by atoms with van der Waals surface area (Å²) in [4.78, 5) is 11.9. The van der Waals surface area contributed by atoms with E-state index in [1.54, 1.807) is 0 Å². The van der Waals surface area contributed by atoms with E-state index >= 15 is 0 Å². The highest BCUT2D eigenvalue weighted by molar-refractivity contribution is 7.98. The largest absolute Gasteiger partial charge is 0.508 e. The summed E-state index contributed by atoms with van der Waals surface area (Å²) in [6.07, 6.45) is 0.668. The number of nitrogens with zero attached hydrogens (tertiary/aromatic N) is 2. The second-order valence-electron chi connectivity index (χ2n) is 7.23. The molecule has 4 rings (SSSR count). The Morgan fingerprint density at radius 3 is 2.71 bits per heavy atom. The SMILES string of the molecule is CCc1cc2c(CSc3nnc(COc4cc(C)ccc4C)o3)cc(=O)oc2cc1O. The summed E-state index contributed by atoms with van der Waals surface area (Å²) in [5, 5.41) is 19.3. The number of aryl methyl sites for hydroxylation is 3. The van der Waals surface area contributed by atoms with Crippen LogP contribution >= 0.6 is 11.8 Å². The molecular weight excluding hydrogens is 416 g/mol. The van der Waals surface area contributed by atoms with Gasteiger partial charge in [0, 0.05) is 23.3 Å². The van der Waals surface area contributed by atoms with E-state index in [1.807, 2.05) is 45.0 Å². The van der Waals surface area contributed by atoms with Crippen molar-refractivity contribution in [3.8, 4) is 11.5 Å². The van der Waals surface area contributed by atoms with Crippen molar-refractivity contribution < 1.29 is 18.7 Å². The molecule has 0 radical (unpaired) electrons. The lowest BCUT2D eigenvalue weighted by molar-refractivity contribution is 0.250. The Balaban J connectivity index is 1.48. The second kappa shape index (κ2) is 8.85. The van der Waals surface area contributed by atoms with Crippen LogP contribution in [0.5, 0.6) is 11.5 Å². The molecule has 2 heterocycles. The lowest BCUT2D eigenvalue weighted by Crippen LogP contribution is -2.00. The molecule has 0 spiro atoms. The van der Waals surface area contributed by atoms with Crippen LogP contribution in [0, 0.1) is 13.8 Å². The number of ether oxygens (including phenoxy) is 1. The Bertz CT molecular complexity index is 1300. The van der Waals surface area contributed by atoms with Crippen LogP contribution in [0.3, 0.4) is 0 Å². The summed E-state index contributed by atoms with van der Waals surface area (Å²) < 4.78 is 16.7. The minimum absolute atomic E-state index is 0.119. The summed E-state index contributed by atoms with van der Waals surface area (Å²) in [5.74, 6) is 1.72. The van der Waals surface area contributed by atoms with Gasteiger partial charge in [0.25, 0.3) is 11.1 Å². The standard InChI is InChI=1S/C23H22N2O5S/c1-4-15-8-17-16(9-22(27)29-20(17)10-18(15)26)12-31-23-25-24-21(30-23)11-28-19-7-13(2)5-6-14(19)3/h5-10,26H,4,11-12H2,1-3H3. The molecule has 0 amide bonds. The smallest absolute Gasteiger partial charge is 0.336 e. The first-order valence-electron chi connectivity index (χ1n) is 9.86. The van der Waals surface area contributed by atoms with Gasteiger partial charge in [-0.1, -0.05) is 30.8 Å². The third kappa shape index (κ3) is 4.74. The fourth-order valence-electron chi connectivity index (χ4n) is 3.21. The van der Waals surface area contributed by atoms with Gasteiger partial charge in [0.2, 0.25) is 0 Å². The number of hydrogen-bond acceptors (Lipinski definition) is 8. The van der Waals surface area contributed by atoms with Crippen LogP contribution in [0.15, 0.2) is 55.2 Å². The van der Waals surface area contributed by atoms with Crippen LogP contribution in [0.25, 0.3) is 11.0 Å². The molecule has 2 aromatic heterocycles. The zero-order chi connectivity index (χ0) is 22.0. The van der Waals surface area contributed by atoms with Crippen molar-refractivity contribution in [1.82, 2.24) is 10.2 Å². The van der Waals surface area contributed by atoms with E-state index in [2.05, 4.69) is 10.2 Å². The Morgan fingerprint density at radius 1 is 1.06 bits per heavy atom. The maximum atomic E-state index is 11.9. The van der Waals surface area contributed by atoms with Crippen LogP contribution in [0.1, 0.15) is 35.1 Å². The summed E-state index contributed by atoms with van der Waals surface area (Å²) in [5.41, 5.74) is 3.59. The number of hydrogen-bond donors (Lipinski definition) is 1. The molecule has 2 aromatic carbocycles.